The van der Waals surface area contributed by atoms with Crippen LogP contribution in [0.1, 0.15) is 20.8 Å². The third-order valence-corrected chi connectivity index (χ3v) is 8.64. The van der Waals surface area contributed by atoms with Gasteiger partial charge in [0.1, 0.15) is 17.3 Å². The number of piperazine rings is 1. The molecule has 12 nitrogen and oxygen atoms in total. The fourth-order valence-corrected chi connectivity index (χ4v) is 5.97. The van der Waals surface area contributed by atoms with Crippen molar-refractivity contribution in [3.05, 3.63) is 115 Å². The summed E-state index contributed by atoms with van der Waals surface area (Å²) in [5, 5.41) is 8.09. The number of hydrogen-bond donors (Lipinski definition) is 1. The second kappa shape index (κ2) is 14.0. The topological polar surface area (TPSA) is 123 Å². The van der Waals surface area contributed by atoms with Gasteiger partial charge in [0.05, 0.1) is 38.3 Å². The van der Waals surface area contributed by atoms with Crippen molar-refractivity contribution in [2.75, 3.05) is 52.8 Å². The first-order valence-electron chi connectivity index (χ1n) is 16.1. The molecule has 0 unspecified atom stereocenters. The molecule has 1 fully saturated rings. The van der Waals surface area contributed by atoms with Crippen LogP contribution < -0.4 is 19.5 Å². The minimum Gasteiger partial charge on any atom is -0.497 e. The summed E-state index contributed by atoms with van der Waals surface area (Å²) in [6, 6.07) is 30.0. The summed E-state index contributed by atoms with van der Waals surface area (Å²) in [6.45, 7) is 1.41. The highest BCUT2D eigenvalue weighted by Crippen LogP contribution is 2.32. The van der Waals surface area contributed by atoms with E-state index in [0.29, 0.717) is 66.1 Å². The van der Waals surface area contributed by atoms with Crippen LogP contribution in [0.15, 0.2) is 103 Å². The van der Waals surface area contributed by atoms with Crippen LogP contribution in [0, 0.1) is 0 Å². The number of carbonyl (C=O) groups is 2. The molecule has 1 aliphatic rings. The summed E-state index contributed by atoms with van der Waals surface area (Å²) in [4.78, 5) is 40.4. The number of anilines is 2. The van der Waals surface area contributed by atoms with Gasteiger partial charge in [-0.1, -0.05) is 30.3 Å². The van der Waals surface area contributed by atoms with Crippen LogP contribution in [0.3, 0.4) is 0 Å². The van der Waals surface area contributed by atoms with Gasteiger partial charge in [-0.3, -0.25) is 9.59 Å². The molecule has 0 bridgehead atoms. The molecule has 3 aromatic carbocycles. The molecule has 0 radical (unpaired) electrons. The predicted molar refractivity (Wildman–Crippen MR) is 189 cm³/mol. The van der Waals surface area contributed by atoms with E-state index in [2.05, 4.69) is 10.3 Å². The van der Waals surface area contributed by atoms with Crippen LogP contribution in [0.2, 0.25) is 0 Å². The highest BCUT2D eigenvalue weighted by atomic mass is 16.5. The van der Waals surface area contributed by atoms with E-state index in [0.717, 1.165) is 28.3 Å². The number of methoxy groups -OCH3 is 3. The van der Waals surface area contributed by atoms with Crippen LogP contribution in [0.25, 0.3) is 28.2 Å². The molecule has 0 atom stereocenters. The predicted octanol–water partition coefficient (Wildman–Crippen LogP) is 5.83. The van der Waals surface area contributed by atoms with Crippen molar-refractivity contribution in [1.82, 2.24) is 29.4 Å². The number of benzene rings is 3. The van der Waals surface area contributed by atoms with Crippen molar-refractivity contribution >= 4 is 29.0 Å². The lowest BCUT2D eigenvalue weighted by Crippen LogP contribution is -2.50. The first kappa shape index (κ1) is 32.1. The smallest absolute Gasteiger partial charge is 0.272 e. The number of pyridine rings is 1. The quantitative estimate of drug-likeness (QED) is 0.203. The second-order valence-corrected chi connectivity index (χ2v) is 11.6. The lowest BCUT2D eigenvalue weighted by atomic mass is 10.1. The third-order valence-electron chi connectivity index (χ3n) is 8.64. The molecule has 1 aliphatic heterocycles. The van der Waals surface area contributed by atoms with E-state index in [1.807, 2.05) is 66.7 Å². The Kier molecular flexibility index (Phi) is 8.98. The molecule has 252 valence electrons. The van der Waals surface area contributed by atoms with Crippen LogP contribution in [0.4, 0.5) is 11.5 Å². The second-order valence-electron chi connectivity index (χ2n) is 11.6. The number of nitrogens with zero attached hydrogens (tertiary/aromatic N) is 6. The maximum Gasteiger partial charge on any atom is 0.272 e. The van der Waals surface area contributed by atoms with Gasteiger partial charge in [0.15, 0.2) is 17.1 Å². The summed E-state index contributed by atoms with van der Waals surface area (Å²) in [5.74, 6) is 1.90. The Morgan fingerprint density at radius 1 is 0.700 bits per heavy atom. The zero-order valence-corrected chi connectivity index (χ0v) is 27.9. The van der Waals surface area contributed by atoms with Gasteiger partial charge < -0.3 is 29.3 Å². The fraction of sp³-hybridized carbons (Fsp3) is 0.184. The highest BCUT2D eigenvalue weighted by Gasteiger charge is 2.28. The minimum absolute atomic E-state index is 0.179. The van der Waals surface area contributed by atoms with E-state index in [4.69, 9.17) is 24.3 Å². The van der Waals surface area contributed by atoms with Gasteiger partial charge >= 0.3 is 0 Å². The van der Waals surface area contributed by atoms with E-state index in [9.17, 15) is 9.59 Å². The SMILES string of the molecule is COc1ccc(-c2cc(C(=O)N3CCN(C(=O)c4cccnc4Nc4ccc(OC)c(OC)c4)CC3)nc3cc(-c4ccccc4)nn23)cc1. The van der Waals surface area contributed by atoms with E-state index in [-0.39, 0.29) is 11.8 Å². The van der Waals surface area contributed by atoms with Gasteiger partial charge in [0, 0.05) is 61.3 Å². The van der Waals surface area contributed by atoms with Gasteiger partial charge in [-0.15, -0.1) is 0 Å². The molecule has 3 aromatic heterocycles. The number of ether oxygens (including phenoxy) is 3. The van der Waals surface area contributed by atoms with E-state index in [1.54, 1.807) is 72.2 Å². The van der Waals surface area contributed by atoms with Crippen molar-refractivity contribution in [3.8, 4) is 39.8 Å². The molecule has 0 saturated carbocycles. The molecule has 0 aliphatic carbocycles. The van der Waals surface area contributed by atoms with Gasteiger partial charge in [0.2, 0.25) is 0 Å². The summed E-state index contributed by atoms with van der Waals surface area (Å²) >= 11 is 0. The Morgan fingerprint density at radius 2 is 1.42 bits per heavy atom. The molecule has 50 heavy (non-hydrogen) atoms. The maximum absolute atomic E-state index is 14.0. The zero-order chi connectivity index (χ0) is 34.6. The molecule has 4 heterocycles. The summed E-state index contributed by atoms with van der Waals surface area (Å²) in [6.07, 6.45) is 1.63. The van der Waals surface area contributed by atoms with Crippen molar-refractivity contribution < 1.29 is 23.8 Å². The standard InChI is InChI=1S/C38H35N7O5/c1-48-28-14-11-26(12-15-28)32-23-31(41-35-24-30(42-45(32)35)25-8-5-4-6-9-25)38(47)44-20-18-43(19-21-44)37(46)29-10-7-17-39-36(29)40-27-13-16-33(49-2)34(22-27)50-3/h4-17,22-24H,18-21H2,1-3H3,(H,39,40). The zero-order valence-electron chi connectivity index (χ0n) is 27.9. The largest absolute Gasteiger partial charge is 0.497 e. The Morgan fingerprint density at radius 3 is 2.12 bits per heavy atom. The maximum atomic E-state index is 14.0. The highest BCUT2D eigenvalue weighted by molar-refractivity contribution is 6.00. The average Bonchev–Trinajstić information content (AvgIpc) is 3.62. The van der Waals surface area contributed by atoms with Gasteiger partial charge in [-0.2, -0.15) is 5.10 Å². The first-order chi connectivity index (χ1) is 24.4. The summed E-state index contributed by atoms with van der Waals surface area (Å²) in [5.41, 5.74) is 5.26. The molecular formula is C38H35N7O5. The number of rotatable bonds is 9. The lowest BCUT2D eigenvalue weighted by molar-refractivity contribution is 0.0533. The third kappa shape index (κ3) is 6.38. The lowest BCUT2D eigenvalue weighted by Gasteiger charge is -2.35. The normalized spacial score (nSPS) is 12.9. The number of aromatic nitrogens is 4. The molecule has 1 N–H and O–H groups in total. The monoisotopic (exact) mass is 669 g/mol. The van der Waals surface area contributed by atoms with Crippen LogP contribution in [-0.2, 0) is 0 Å². The Labute approximate surface area is 288 Å². The Hall–Kier alpha value is -6.43. The van der Waals surface area contributed by atoms with Crippen molar-refractivity contribution in [2.24, 2.45) is 0 Å². The van der Waals surface area contributed by atoms with Crippen LogP contribution in [0.5, 0.6) is 17.2 Å². The summed E-state index contributed by atoms with van der Waals surface area (Å²) < 4.78 is 17.9. The van der Waals surface area contributed by atoms with Gasteiger partial charge in [-0.05, 0) is 54.6 Å². The number of hydrogen-bond acceptors (Lipinski definition) is 9. The van der Waals surface area contributed by atoms with E-state index < -0.39 is 0 Å². The van der Waals surface area contributed by atoms with Crippen molar-refractivity contribution in [2.45, 2.75) is 0 Å². The number of amides is 2. The van der Waals surface area contributed by atoms with Crippen LogP contribution >= 0.6 is 0 Å². The van der Waals surface area contributed by atoms with Crippen LogP contribution in [-0.4, -0.2) is 88.7 Å². The Bertz CT molecular complexity index is 2160. The molecule has 12 heteroatoms. The molecular weight excluding hydrogens is 634 g/mol. The average molecular weight is 670 g/mol. The Balaban J connectivity index is 1.11. The fourth-order valence-electron chi connectivity index (χ4n) is 5.97. The van der Waals surface area contributed by atoms with Gasteiger partial charge in [0.25, 0.3) is 11.8 Å². The molecule has 0 spiro atoms. The van der Waals surface area contributed by atoms with Crippen molar-refractivity contribution in [3.63, 3.8) is 0 Å². The first-order valence-corrected chi connectivity index (χ1v) is 16.1. The van der Waals surface area contributed by atoms with E-state index in [1.165, 1.54) is 0 Å². The van der Waals surface area contributed by atoms with E-state index >= 15 is 0 Å². The molecule has 6 aromatic rings. The number of nitrogens with one attached hydrogen (secondary N) is 1. The molecule has 7 rings (SSSR count). The number of fused-ring (bicyclic) bond motifs is 1. The van der Waals surface area contributed by atoms with Crippen molar-refractivity contribution in [1.29, 1.82) is 0 Å². The number of carbonyl (C=O) groups excluding carboxylic acids is 2. The van der Waals surface area contributed by atoms with Gasteiger partial charge in [-0.25, -0.2) is 14.5 Å². The summed E-state index contributed by atoms with van der Waals surface area (Å²) in [7, 11) is 4.76. The molecule has 2 amide bonds. The molecule has 1 saturated heterocycles. The minimum atomic E-state index is -0.214.